The van der Waals surface area contributed by atoms with Gasteiger partial charge in [-0.05, 0) is 6.42 Å². The molecule has 0 aliphatic rings. The van der Waals surface area contributed by atoms with Crippen LogP contribution in [-0.2, 0) is 13.6 Å². The molecule has 0 saturated carbocycles. The van der Waals surface area contributed by atoms with Crippen LogP contribution in [0, 0.1) is 0 Å². The van der Waals surface area contributed by atoms with E-state index in [1.54, 1.807) is 7.05 Å². The maximum absolute atomic E-state index is 12.1. The van der Waals surface area contributed by atoms with Crippen molar-refractivity contribution in [3.8, 4) is 0 Å². The minimum Gasteiger partial charge on any atom is -0.373 e. The second-order valence-electron chi connectivity index (χ2n) is 4.20. The van der Waals surface area contributed by atoms with E-state index in [4.69, 9.17) is 0 Å². The Hall–Kier alpha value is -2.05. The Morgan fingerprint density at radius 3 is 2.72 bits per heavy atom. The summed E-state index contributed by atoms with van der Waals surface area (Å²) in [4.78, 5) is 24.1. The second kappa shape index (κ2) is 4.67. The Labute approximate surface area is 103 Å². The van der Waals surface area contributed by atoms with Crippen molar-refractivity contribution >= 4 is 16.9 Å². The van der Waals surface area contributed by atoms with Crippen LogP contribution in [0.15, 0.2) is 9.59 Å². The molecule has 0 aliphatic carbocycles. The van der Waals surface area contributed by atoms with E-state index in [0.29, 0.717) is 23.4 Å². The first kappa shape index (κ1) is 12.4. The zero-order chi connectivity index (χ0) is 13.3. The van der Waals surface area contributed by atoms with Crippen LogP contribution in [0.3, 0.4) is 0 Å². The van der Waals surface area contributed by atoms with Crippen molar-refractivity contribution in [1.82, 2.24) is 19.3 Å². The Morgan fingerprint density at radius 1 is 1.39 bits per heavy atom. The minimum absolute atomic E-state index is 0.324. The second-order valence-corrected chi connectivity index (χ2v) is 4.20. The number of nitrogens with zero attached hydrogens (tertiary/aromatic N) is 3. The smallest absolute Gasteiger partial charge is 0.332 e. The van der Waals surface area contributed by atoms with Gasteiger partial charge in [-0.2, -0.15) is 5.10 Å². The van der Waals surface area contributed by atoms with Crippen LogP contribution in [0.5, 0.6) is 0 Å². The summed E-state index contributed by atoms with van der Waals surface area (Å²) in [6, 6.07) is 0. The number of nitrogens with one attached hydrogen (secondary N) is 2. The van der Waals surface area contributed by atoms with Crippen molar-refractivity contribution in [2.45, 2.75) is 26.3 Å². The van der Waals surface area contributed by atoms with Gasteiger partial charge in [-0.15, -0.1) is 0 Å². The fourth-order valence-electron chi connectivity index (χ4n) is 1.96. The van der Waals surface area contributed by atoms with Gasteiger partial charge in [0.05, 0.1) is 0 Å². The molecule has 0 amide bonds. The van der Waals surface area contributed by atoms with Gasteiger partial charge in [0.1, 0.15) is 11.2 Å². The number of unbranched alkanes of at least 4 members (excludes halogenated alkanes) is 1. The van der Waals surface area contributed by atoms with Crippen LogP contribution in [-0.4, -0.2) is 26.4 Å². The zero-order valence-electron chi connectivity index (χ0n) is 10.8. The van der Waals surface area contributed by atoms with Gasteiger partial charge in [0.2, 0.25) is 0 Å². The summed E-state index contributed by atoms with van der Waals surface area (Å²) in [6.07, 6.45) is 1.84. The highest BCUT2D eigenvalue weighted by Crippen LogP contribution is 2.14. The third kappa shape index (κ3) is 1.71. The quantitative estimate of drug-likeness (QED) is 0.816. The Bertz CT molecular complexity index is 679. The van der Waals surface area contributed by atoms with E-state index in [1.165, 1.54) is 11.6 Å². The number of hydrogen-bond donors (Lipinski definition) is 2. The van der Waals surface area contributed by atoms with E-state index in [-0.39, 0.29) is 11.2 Å². The molecule has 0 unspecified atom stereocenters. The molecule has 0 aliphatic heterocycles. The molecule has 0 fully saturated rings. The highest BCUT2D eigenvalue weighted by atomic mass is 16.2. The van der Waals surface area contributed by atoms with E-state index in [0.717, 1.165) is 17.4 Å². The van der Waals surface area contributed by atoms with Crippen molar-refractivity contribution in [3.05, 3.63) is 20.8 Å². The third-order valence-electron chi connectivity index (χ3n) is 3.02. The standard InChI is InChI=1S/C11H17N5O2/c1-4-5-6-16-9-7(8(12-2)13-14-9)10(17)15(3)11(16)18/h4-6H2,1-3H3,(H2,12,13,14). The number of rotatable bonds is 4. The summed E-state index contributed by atoms with van der Waals surface area (Å²) in [5.41, 5.74) is -0.239. The molecule has 0 aromatic carbocycles. The monoisotopic (exact) mass is 251 g/mol. The summed E-state index contributed by atoms with van der Waals surface area (Å²) < 4.78 is 2.66. The van der Waals surface area contributed by atoms with Crippen molar-refractivity contribution in [2.75, 3.05) is 12.4 Å². The molecular formula is C11H17N5O2. The van der Waals surface area contributed by atoms with E-state index < -0.39 is 0 Å². The van der Waals surface area contributed by atoms with Crippen molar-refractivity contribution in [3.63, 3.8) is 0 Å². The molecule has 98 valence electrons. The average Bonchev–Trinajstić information content (AvgIpc) is 2.80. The van der Waals surface area contributed by atoms with Crippen molar-refractivity contribution in [2.24, 2.45) is 7.05 Å². The molecule has 0 saturated heterocycles. The van der Waals surface area contributed by atoms with Gasteiger partial charge in [-0.3, -0.25) is 19.0 Å². The van der Waals surface area contributed by atoms with Gasteiger partial charge in [-0.25, -0.2) is 4.79 Å². The summed E-state index contributed by atoms with van der Waals surface area (Å²) >= 11 is 0. The summed E-state index contributed by atoms with van der Waals surface area (Å²) in [5, 5.41) is 10.1. The highest BCUT2D eigenvalue weighted by molar-refractivity contribution is 5.86. The highest BCUT2D eigenvalue weighted by Gasteiger charge is 2.16. The number of fused-ring (bicyclic) bond motifs is 1. The first-order valence-corrected chi connectivity index (χ1v) is 5.97. The van der Waals surface area contributed by atoms with Crippen LogP contribution >= 0.6 is 0 Å². The number of H-pyrrole nitrogens is 1. The number of hydrogen-bond acceptors (Lipinski definition) is 4. The molecule has 0 bridgehead atoms. The lowest BCUT2D eigenvalue weighted by molar-refractivity contribution is 0.583. The van der Waals surface area contributed by atoms with Crippen LogP contribution in [0.2, 0.25) is 0 Å². The van der Waals surface area contributed by atoms with Gasteiger partial charge in [0.15, 0.2) is 5.65 Å². The van der Waals surface area contributed by atoms with Gasteiger partial charge in [-0.1, -0.05) is 13.3 Å². The number of aryl methyl sites for hydroxylation is 1. The molecule has 18 heavy (non-hydrogen) atoms. The molecular weight excluding hydrogens is 234 g/mol. The zero-order valence-corrected chi connectivity index (χ0v) is 10.8. The van der Waals surface area contributed by atoms with Gasteiger partial charge < -0.3 is 5.32 Å². The third-order valence-corrected chi connectivity index (χ3v) is 3.02. The van der Waals surface area contributed by atoms with E-state index >= 15 is 0 Å². The van der Waals surface area contributed by atoms with Crippen LogP contribution in [0.25, 0.3) is 11.0 Å². The lowest BCUT2D eigenvalue weighted by Gasteiger charge is -2.07. The molecule has 2 heterocycles. The topological polar surface area (TPSA) is 84.7 Å². The SMILES string of the molecule is CCCCn1c(=O)n(C)c(=O)c2c(NC)[nH]nc21. The number of aromatic amines is 1. The molecule has 2 rings (SSSR count). The molecule has 2 aromatic heterocycles. The van der Waals surface area contributed by atoms with Crippen LogP contribution in [0.4, 0.5) is 5.82 Å². The summed E-state index contributed by atoms with van der Waals surface area (Å²) in [6.45, 7) is 2.61. The maximum atomic E-state index is 12.1. The van der Waals surface area contributed by atoms with Crippen molar-refractivity contribution < 1.29 is 0 Å². The molecule has 0 atom stereocenters. The molecule has 2 aromatic rings. The number of aromatic nitrogens is 4. The van der Waals surface area contributed by atoms with E-state index in [2.05, 4.69) is 15.5 Å². The fraction of sp³-hybridized carbons (Fsp3) is 0.545. The summed E-state index contributed by atoms with van der Waals surface area (Å²) in [7, 11) is 3.19. The average molecular weight is 251 g/mol. The lowest BCUT2D eigenvalue weighted by Crippen LogP contribution is -2.38. The molecule has 2 N–H and O–H groups in total. The lowest BCUT2D eigenvalue weighted by atomic mass is 10.3. The largest absolute Gasteiger partial charge is 0.373 e. The van der Waals surface area contributed by atoms with Gasteiger partial charge >= 0.3 is 5.69 Å². The normalized spacial score (nSPS) is 11.1. The Kier molecular flexibility index (Phi) is 3.22. The summed E-state index contributed by atoms with van der Waals surface area (Å²) in [5.74, 6) is 0.538. The van der Waals surface area contributed by atoms with Crippen LogP contribution < -0.4 is 16.6 Å². The molecule has 0 spiro atoms. The predicted octanol–water partition coefficient (Wildman–Crippen LogP) is 0.265. The number of anilines is 1. The molecule has 7 heteroatoms. The minimum atomic E-state index is -0.333. The fourth-order valence-corrected chi connectivity index (χ4v) is 1.96. The Morgan fingerprint density at radius 2 is 2.11 bits per heavy atom. The van der Waals surface area contributed by atoms with Gasteiger partial charge in [0.25, 0.3) is 5.56 Å². The first-order valence-electron chi connectivity index (χ1n) is 5.97. The molecule has 0 radical (unpaired) electrons. The van der Waals surface area contributed by atoms with Crippen molar-refractivity contribution in [1.29, 1.82) is 0 Å². The first-order chi connectivity index (χ1) is 8.61. The Balaban J connectivity index is 2.81. The predicted molar refractivity (Wildman–Crippen MR) is 70.0 cm³/mol. The van der Waals surface area contributed by atoms with Gasteiger partial charge in [0, 0.05) is 20.6 Å². The molecule has 7 nitrogen and oxygen atoms in total. The van der Waals surface area contributed by atoms with Crippen LogP contribution in [0.1, 0.15) is 19.8 Å². The van der Waals surface area contributed by atoms with E-state index in [1.807, 2.05) is 6.92 Å². The van der Waals surface area contributed by atoms with E-state index in [9.17, 15) is 9.59 Å². The maximum Gasteiger partial charge on any atom is 0.332 e.